The number of nitrogens with zero attached hydrogens (tertiary/aromatic N) is 3. The normalized spacial score (nSPS) is 11.4. The molecule has 1 N–H and O–H groups in total. The molecule has 4 nitrogen and oxygen atoms in total. The fraction of sp³-hybridized carbons (Fsp3) is 0.286. The third kappa shape index (κ3) is 1.79. The molecule has 0 saturated carbocycles. The first-order valence-corrected chi connectivity index (χ1v) is 6.88. The number of rotatable bonds is 2. The van der Waals surface area contributed by atoms with Crippen LogP contribution in [0.1, 0.15) is 18.2 Å². The average molecular weight is 290 g/mol. The molecule has 0 spiro atoms. The molecule has 0 saturated heterocycles. The predicted octanol–water partition coefficient (Wildman–Crippen LogP) is 3.66. The quantitative estimate of drug-likeness (QED) is 0.731. The van der Waals surface area contributed by atoms with Crippen molar-refractivity contribution in [3.05, 3.63) is 40.0 Å². The van der Waals surface area contributed by atoms with Gasteiger partial charge in [-0.3, -0.25) is 4.57 Å². The zero-order valence-corrected chi connectivity index (χ0v) is 12.4. The molecule has 0 bridgehead atoms. The number of aromatic nitrogens is 4. The topological polar surface area (TPSA) is 38.5 Å². The lowest BCUT2D eigenvalue weighted by atomic mass is 10.2. The second-order valence-corrected chi connectivity index (χ2v) is 5.19. The highest BCUT2D eigenvalue weighted by Crippen LogP contribution is 2.23. The molecule has 2 heterocycles. The van der Waals surface area contributed by atoms with Gasteiger partial charge in [-0.15, -0.1) is 0 Å². The van der Waals surface area contributed by atoms with Crippen molar-refractivity contribution in [2.75, 3.05) is 0 Å². The number of fused-ring (bicyclic) bond motifs is 1. The van der Waals surface area contributed by atoms with E-state index < -0.39 is 0 Å². The van der Waals surface area contributed by atoms with Crippen molar-refractivity contribution in [1.82, 2.24) is 19.3 Å². The van der Waals surface area contributed by atoms with Crippen molar-refractivity contribution in [1.29, 1.82) is 0 Å². The Labute approximate surface area is 120 Å². The molecule has 20 heavy (non-hydrogen) atoms. The van der Waals surface area contributed by atoms with E-state index in [-0.39, 0.29) is 5.82 Å². The Morgan fingerprint density at radius 3 is 2.75 bits per heavy atom. The number of hydrogen-bond acceptors (Lipinski definition) is 2. The number of H-pyrrole nitrogens is 1. The first-order chi connectivity index (χ1) is 9.52. The number of halogens is 1. The maximum atomic E-state index is 13.8. The third-order valence-corrected chi connectivity index (χ3v) is 3.75. The lowest BCUT2D eigenvalue weighted by Crippen LogP contribution is -2.04. The van der Waals surface area contributed by atoms with E-state index in [1.807, 2.05) is 29.2 Å². The lowest BCUT2D eigenvalue weighted by molar-refractivity contribution is 0.616. The summed E-state index contributed by atoms with van der Waals surface area (Å²) in [5.74, 6) is -0.238. The number of imidazole rings is 1. The zero-order valence-electron chi connectivity index (χ0n) is 11.6. The molecule has 0 amide bonds. The van der Waals surface area contributed by atoms with E-state index in [2.05, 4.69) is 10.1 Å². The van der Waals surface area contributed by atoms with Crippen molar-refractivity contribution < 1.29 is 4.39 Å². The van der Waals surface area contributed by atoms with Gasteiger partial charge >= 0.3 is 0 Å². The molecular formula is C14H15FN4S. The van der Waals surface area contributed by atoms with Crippen molar-refractivity contribution in [2.24, 2.45) is 0 Å². The Morgan fingerprint density at radius 1 is 1.35 bits per heavy atom. The maximum Gasteiger partial charge on any atom is 0.184 e. The van der Waals surface area contributed by atoms with Crippen LogP contribution in [0.5, 0.6) is 0 Å². The van der Waals surface area contributed by atoms with E-state index in [4.69, 9.17) is 12.2 Å². The van der Waals surface area contributed by atoms with Crippen LogP contribution in [0.3, 0.4) is 0 Å². The highest BCUT2D eigenvalue weighted by molar-refractivity contribution is 7.71. The summed E-state index contributed by atoms with van der Waals surface area (Å²) in [5, 5.41) is 4.46. The van der Waals surface area contributed by atoms with Crippen LogP contribution < -0.4 is 0 Å². The molecule has 0 aliphatic rings. The highest BCUT2D eigenvalue weighted by atomic mass is 32.1. The van der Waals surface area contributed by atoms with Gasteiger partial charge in [-0.25, -0.2) is 9.07 Å². The van der Waals surface area contributed by atoms with Gasteiger partial charge in [0.05, 0.1) is 11.4 Å². The molecule has 0 unspecified atom stereocenters. The van der Waals surface area contributed by atoms with Crippen LogP contribution in [-0.4, -0.2) is 19.3 Å². The summed E-state index contributed by atoms with van der Waals surface area (Å²) in [5.41, 5.74) is 3.99. The maximum absolute atomic E-state index is 13.8. The van der Waals surface area contributed by atoms with Gasteiger partial charge in [-0.2, -0.15) is 5.10 Å². The summed E-state index contributed by atoms with van der Waals surface area (Å²) in [6, 6.07) is 5.12. The Kier molecular flexibility index (Phi) is 2.97. The van der Waals surface area contributed by atoms with Crippen molar-refractivity contribution >= 4 is 23.4 Å². The lowest BCUT2D eigenvalue weighted by Gasteiger charge is -2.07. The molecule has 0 atom stereocenters. The van der Waals surface area contributed by atoms with Crippen LogP contribution in [0, 0.1) is 24.4 Å². The van der Waals surface area contributed by atoms with Gasteiger partial charge < -0.3 is 4.98 Å². The van der Waals surface area contributed by atoms with Gasteiger partial charge in [-0.05, 0) is 50.7 Å². The predicted molar refractivity (Wildman–Crippen MR) is 79.4 cm³/mol. The summed E-state index contributed by atoms with van der Waals surface area (Å²) in [7, 11) is 0. The third-order valence-electron chi connectivity index (χ3n) is 3.46. The fourth-order valence-corrected chi connectivity index (χ4v) is 2.68. The van der Waals surface area contributed by atoms with Crippen LogP contribution in [0.15, 0.2) is 18.2 Å². The number of benzene rings is 1. The van der Waals surface area contributed by atoms with Crippen molar-refractivity contribution in [3.63, 3.8) is 0 Å². The molecule has 3 aromatic rings. The van der Waals surface area contributed by atoms with Gasteiger partial charge in [0, 0.05) is 6.54 Å². The minimum Gasteiger partial charge on any atom is -0.327 e. The molecule has 0 aliphatic heterocycles. The number of aryl methyl sites for hydroxylation is 3. The monoisotopic (exact) mass is 290 g/mol. The second-order valence-electron chi connectivity index (χ2n) is 4.80. The van der Waals surface area contributed by atoms with E-state index in [0.717, 1.165) is 23.4 Å². The molecular weight excluding hydrogens is 275 g/mol. The second kappa shape index (κ2) is 4.56. The molecule has 0 radical (unpaired) electrons. The molecule has 3 rings (SSSR count). The Morgan fingerprint density at radius 2 is 2.10 bits per heavy atom. The minimum atomic E-state index is -0.238. The first-order valence-electron chi connectivity index (χ1n) is 6.47. The summed E-state index contributed by atoms with van der Waals surface area (Å²) in [4.78, 5) is 3.15. The molecule has 0 aliphatic carbocycles. The number of hydrogen-bond donors (Lipinski definition) is 1. The van der Waals surface area contributed by atoms with Crippen LogP contribution in [0.4, 0.5) is 4.39 Å². The van der Waals surface area contributed by atoms with E-state index >= 15 is 0 Å². The largest absolute Gasteiger partial charge is 0.327 e. The number of nitrogens with one attached hydrogen (secondary N) is 1. The van der Waals surface area contributed by atoms with Crippen molar-refractivity contribution in [3.8, 4) is 5.69 Å². The Bertz CT molecular complexity index is 856. The summed E-state index contributed by atoms with van der Waals surface area (Å²) < 4.78 is 18.1. The molecule has 0 fully saturated rings. The Balaban J connectivity index is 2.37. The van der Waals surface area contributed by atoms with Gasteiger partial charge in [0.15, 0.2) is 10.4 Å². The van der Waals surface area contributed by atoms with Gasteiger partial charge in [0.2, 0.25) is 0 Å². The average Bonchev–Trinajstić information content (AvgIpc) is 2.90. The van der Waals surface area contributed by atoms with Gasteiger partial charge in [-0.1, -0.05) is 6.07 Å². The molecule has 1 aromatic carbocycles. The zero-order chi connectivity index (χ0) is 14.4. The van der Waals surface area contributed by atoms with E-state index in [1.54, 1.807) is 13.0 Å². The van der Waals surface area contributed by atoms with Crippen LogP contribution in [0.2, 0.25) is 0 Å². The molecule has 6 heteroatoms. The van der Waals surface area contributed by atoms with E-state index in [0.29, 0.717) is 16.0 Å². The fourth-order valence-electron chi connectivity index (χ4n) is 2.38. The Hall–Kier alpha value is -1.95. The number of aromatic amines is 1. The van der Waals surface area contributed by atoms with Gasteiger partial charge in [0.25, 0.3) is 0 Å². The highest BCUT2D eigenvalue weighted by Gasteiger charge is 2.15. The first kappa shape index (κ1) is 13.1. The molecule has 104 valence electrons. The van der Waals surface area contributed by atoms with E-state index in [9.17, 15) is 4.39 Å². The van der Waals surface area contributed by atoms with Crippen LogP contribution in [0.25, 0.3) is 16.9 Å². The summed E-state index contributed by atoms with van der Waals surface area (Å²) in [6.45, 7) is 6.42. The SMILES string of the molecule is CCn1nc(C)c2[nH]c(=S)n(-c3ccc(C)c(F)c3)c21. The summed E-state index contributed by atoms with van der Waals surface area (Å²) >= 11 is 5.38. The van der Waals surface area contributed by atoms with Gasteiger partial charge in [0.1, 0.15) is 11.3 Å². The molecule has 2 aromatic heterocycles. The van der Waals surface area contributed by atoms with Crippen LogP contribution >= 0.6 is 12.2 Å². The minimum absolute atomic E-state index is 0.238. The van der Waals surface area contributed by atoms with E-state index in [1.165, 1.54) is 6.07 Å². The standard InChI is InChI=1S/C14H15FN4S/c1-4-18-13-12(9(3)17-18)16-14(20)19(13)10-6-5-8(2)11(15)7-10/h5-7H,4H2,1-3H3,(H,16,20). The van der Waals surface area contributed by atoms with Crippen LogP contribution in [-0.2, 0) is 6.54 Å². The van der Waals surface area contributed by atoms with Crippen molar-refractivity contribution in [2.45, 2.75) is 27.3 Å². The summed E-state index contributed by atoms with van der Waals surface area (Å²) in [6.07, 6.45) is 0. The smallest absolute Gasteiger partial charge is 0.184 e.